The van der Waals surface area contributed by atoms with Crippen molar-refractivity contribution in [3.05, 3.63) is 30.1 Å². The molecule has 0 bridgehead atoms. The van der Waals surface area contributed by atoms with E-state index in [0.29, 0.717) is 48.5 Å². The third kappa shape index (κ3) is 6.78. The minimum absolute atomic E-state index is 0.279. The molecule has 164 valence electrons. The van der Waals surface area contributed by atoms with Crippen LogP contribution >= 0.6 is 0 Å². The molecule has 3 rings (SSSR count). The van der Waals surface area contributed by atoms with E-state index in [1.54, 1.807) is 13.0 Å². The summed E-state index contributed by atoms with van der Waals surface area (Å²) in [6, 6.07) is 7.00. The zero-order chi connectivity index (χ0) is 21.6. The fourth-order valence-corrected chi connectivity index (χ4v) is 3.85. The first kappa shape index (κ1) is 22.2. The molecule has 0 aliphatic carbocycles. The maximum Gasteiger partial charge on any atom is 0.319 e. The van der Waals surface area contributed by atoms with Crippen molar-refractivity contribution < 1.29 is 17.7 Å². The Morgan fingerprint density at radius 2 is 2.00 bits per heavy atom. The summed E-state index contributed by atoms with van der Waals surface area (Å²) in [5, 5.41) is 9.59. The van der Waals surface area contributed by atoms with E-state index in [1.807, 2.05) is 18.2 Å². The number of aromatic nitrogens is 2. The van der Waals surface area contributed by atoms with Crippen molar-refractivity contribution in [3.8, 4) is 11.5 Å². The number of urea groups is 1. The van der Waals surface area contributed by atoms with Gasteiger partial charge in [-0.1, -0.05) is 17.3 Å². The molecule has 0 saturated carbocycles. The van der Waals surface area contributed by atoms with Crippen LogP contribution in [0, 0.1) is 12.8 Å². The SMILES string of the molecule is Cc1noc(-c2ccccc2NC(=O)NCC2CCN(CCNS(C)(=O)=O)CC2)n1. The van der Waals surface area contributed by atoms with Crippen LogP contribution in [0.2, 0.25) is 0 Å². The highest BCUT2D eigenvalue weighted by molar-refractivity contribution is 7.88. The van der Waals surface area contributed by atoms with Crippen LogP contribution in [-0.2, 0) is 10.0 Å². The van der Waals surface area contributed by atoms with Gasteiger partial charge in [-0.2, -0.15) is 4.98 Å². The normalized spacial score (nSPS) is 15.8. The van der Waals surface area contributed by atoms with Gasteiger partial charge in [0.05, 0.1) is 17.5 Å². The Bertz CT molecular complexity index is 953. The van der Waals surface area contributed by atoms with Crippen molar-refractivity contribution in [2.24, 2.45) is 5.92 Å². The van der Waals surface area contributed by atoms with Crippen molar-refractivity contribution in [1.82, 2.24) is 25.1 Å². The standard InChI is InChI=1S/C19H28N6O4S/c1-14-22-18(29-24-14)16-5-3-4-6-17(16)23-19(26)20-13-15-7-10-25(11-8-15)12-9-21-30(2,27)28/h3-6,15,21H,7-13H2,1-2H3,(H2,20,23,26). The van der Waals surface area contributed by atoms with E-state index in [0.717, 1.165) is 32.2 Å². The first-order chi connectivity index (χ1) is 14.3. The minimum Gasteiger partial charge on any atom is -0.338 e. The van der Waals surface area contributed by atoms with Gasteiger partial charge in [-0.3, -0.25) is 0 Å². The van der Waals surface area contributed by atoms with Gasteiger partial charge in [-0.15, -0.1) is 0 Å². The van der Waals surface area contributed by atoms with Gasteiger partial charge in [0.15, 0.2) is 5.82 Å². The lowest BCUT2D eigenvalue weighted by Crippen LogP contribution is -2.42. The zero-order valence-electron chi connectivity index (χ0n) is 17.2. The molecule has 2 amide bonds. The molecule has 2 heterocycles. The average Bonchev–Trinajstić information content (AvgIpc) is 3.13. The second-order valence-corrected chi connectivity index (χ2v) is 9.31. The predicted octanol–water partition coefficient (Wildman–Crippen LogP) is 1.43. The summed E-state index contributed by atoms with van der Waals surface area (Å²) in [6.45, 7) is 5.21. The van der Waals surface area contributed by atoms with E-state index in [-0.39, 0.29) is 6.03 Å². The van der Waals surface area contributed by atoms with Crippen LogP contribution in [0.15, 0.2) is 28.8 Å². The number of amides is 2. The molecule has 0 atom stereocenters. The summed E-state index contributed by atoms with van der Waals surface area (Å²) in [7, 11) is -3.14. The Hall–Kier alpha value is -2.50. The van der Waals surface area contributed by atoms with Crippen molar-refractivity contribution in [3.63, 3.8) is 0 Å². The largest absolute Gasteiger partial charge is 0.338 e. The number of hydrogen-bond donors (Lipinski definition) is 3. The lowest BCUT2D eigenvalue weighted by Gasteiger charge is -2.31. The van der Waals surface area contributed by atoms with Crippen molar-refractivity contribution in [2.45, 2.75) is 19.8 Å². The second-order valence-electron chi connectivity index (χ2n) is 7.48. The topological polar surface area (TPSA) is 129 Å². The molecule has 3 N–H and O–H groups in total. The fourth-order valence-electron chi connectivity index (χ4n) is 3.39. The highest BCUT2D eigenvalue weighted by Crippen LogP contribution is 2.26. The van der Waals surface area contributed by atoms with Gasteiger partial charge in [-0.05, 0) is 50.9 Å². The molecular weight excluding hydrogens is 408 g/mol. The Morgan fingerprint density at radius 1 is 1.27 bits per heavy atom. The van der Waals surface area contributed by atoms with Gasteiger partial charge in [0.25, 0.3) is 5.89 Å². The smallest absolute Gasteiger partial charge is 0.319 e. The number of benzene rings is 1. The summed E-state index contributed by atoms with van der Waals surface area (Å²) < 4.78 is 30.0. The fraction of sp³-hybridized carbons (Fsp3) is 0.526. The molecule has 0 unspecified atom stereocenters. The molecule has 0 spiro atoms. The summed E-state index contributed by atoms with van der Waals surface area (Å²) in [6.07, 6.45) is 3.07. The zero-order valence-corrected chi connectivity index (χ0v) is 18.0. The maximum atomic E-state index is 12.4. The van der Waals surface area contributed by atoms with E-state index < -0.39 is 10.0 Å². The predicted molar refractivity (Wildman–Crippen MR) is 114 cm³/mol. The molecule has 1 fully saturated rings. The Kier molecular flexibility index (Phi) is 7.40. The van der Waals surface area contributed by atoms with Crippen LogP contribution in [0.4, 0.5) is 10.5 Å². The highest BCUT2D eigenvalue weighted by Gasteiger charge is 2.20. The van der Waals surface area contributed by atoms with Crippen LogP contribution < -0.4 is 15.4 Å². The molecule has 11 heteroatoms. The Labute approximate surface area is 176 Å². The molecule has 1 saturated heterocycles. The quantitative estimate of drug-likeness (QED) is 0.571. The third-order valence-electron chi connectivity index (χ3n) is 4.98. The summed E-state index contributed by atoms with van der Waals surface area (Å²) >= 11 is 0. The molecule has 1 aliphatic heterocycles. The molecular formula is C19H28N6O4S. The van der Waals surface area contributed by atoms with E-state index in [9.17, 15) is 13.2 Å². The molecule has 1 aromatic carbocycles. The molecule has 10 nitrogen and oxygen atoms in total. The van der Waals surface area contributed by atoms with Crippen molar-refractivity contribution in [2.75, 3.05) is 44.3 Å². The summed E-state index contributed by atoms with van der Waals surface area (Å²) in [5.74, 6) is 1.28. The molecule has 2 aromatic rings. The second kappa shape index (κ2) is 10.0. The molecule has 1 aliphatic rings. The number of anilines is 1. The van der Waals surface area contributed by atoms with Crippen LogP contribution in [0.5, 0.6) is 0 Å². The van der Waals surface area contributed by atoms with Crippen LogP contribution in [0.25, 0.3) is 11.5 Å². The van der Waals surface area contributed by atoms with Crippen LogP contribution in [0.1, 0.15) is 18.7 Å². The number of rotatable bonds is 8. The van der Waals surface area contributed by atoms with Gasteiger partial charge >= 0.3 is 6.03 Å². The first-order valence-electron chi connectivity index (χ1n) is 9.92. The van der Waals surface area contributed by atoms with Crippen LogP contribution in [0.3, 0.4) is 0 Å². The number of nitrogens with zero attached hydrogens (tertiary/aromatic N) is 3. The van der Waals surface area contributed by atoms with Gasteiger partial charge in [0.2, 0.25) is 10.0 Å². The lowest BCUT2D eigenvalue weighted by atomic mass is 9.97. The Morgan fingerprint density at radius 3 is 2.67 bits per heavy atom. The highest BCUT2D eigenvalue weighted by atomic mass is 32.2. The van der Waals surface area contributed by atoms with Gasteiger partial charge < -0.3 is 20.1 Å². The number of aryl methyl sites for hydroxylation is 1. The van der Waals surface area contributed by atoms with Gasteiger partial charge in [0, 0.05) is 19.6 Å². The molecule has 1 aromatic heterocycles. The van der Waals surface area contributed by atoms with Crippen LogP contribution in [-0.4, -0.2) is 68.5 Å². The number of nitrogens with one attached hydrogen (secondary N) is 3. The van der Waals surface area contributed by atoms with Crippen molar-refractivity contribution >= 4 is 21.7 Å². The van der Waals surface area contributed by atoms with Crippen molar-refractivity contribution in [1.29, 1.82) is 0 Å². The number of hydrogen-bond acceptors (Lipinski definition) is 7. The summed E-state index contributed by atoms with van der Waals surface area (Å²) in [5.41, 5.74) is 1.27. The number of carbonyl (C=O) groups is 1. The monoisotopic (exact) mass is 436 g/mol. The average molecular weight is 437 g/mol. The third-order valence-corrected chi connectivity index (χ3v) is 5.71. The molecule has 30 heavy (non-hydrogen) atoms. The number of piperidine rings is 1. The minimum atomic E-state index is -3.14. The van der Waals surface area contributed by atoms with E-state index >= 15 is 0 Å². The summed E-state index contributed by atoms with van der Waals surface area (Å²) in [4.78, 5) is 18.8. The Balaban J connectivity index is 1.42. The lowest BCUT2D eigenvalue weighted by molar-refractivity contribution is 0.185. The number of para-hydroxylation sites is 1. The maximum absolute atomic E-state index is 12.4. The number of sulfonamides is 1. The first-order valence-corrected chi connectivity index (χ1v) is 11.8. The van der Waals surface area contributed by atoms with E-state index in [2.05, 4.69) is 30.4 Å². The number of carbonyl (C=O) groups excluding carboxylic acids is 1. The van der Waals surface area contributed by atoms with E-state index in [4.69, 9.17) is 4.52 Å². The van der Waals surface area contributed by atoms with E-state index in [1.165, 1.54) is 0 Å². The number of likely N-dealkylation sites (tertiary alicyclic amines) is 1. The van der Waals surface area contributed by atoms with Gasteiger partial charge in [-0.25, -0.2) is 17.9 Å². The molecule has 0 radical (unpaired) electrons. The van der Waals surface area contributed by atoms with Gasteiger partial charge in [0.1, 0.15) is 0 Å².